The van der Waals surface area contributed by atoms with Crippen LogP contribution in [0.5, 0.6) is 11.5 Å². The predicted octanol–water partition coefficient (Wildman–Crippen LogP) is 6.11. The molecule has 38 heavy (non-hydrogen) atoms. The molecule has 3 rings (SSSR count). The maximum Gasteiger partial charge on any atom is 0.419 e. The molecule has 0 radical (unpaired) electrons. The number of aromatic hydroxyl groups is 1. The number of phenols is 1. The number of rotatable bonds is 7. The third kappa shape index (κ3) is 6.82. The highest BCUT2D eigenvalue weighted by Gasteiger charge is 2.37. The molecule has 3 aromatic rings. The van der Waals surface area contributed by atoms with Crippen LogP contribution >= 0.6 is 0 Å². The number of nitriles is 1. The first-order chi connectivity index (χ1) is 17.7. The topological polar surface area (TPSA) is 117 Å². The number of carbonyl (C=O) groups excluding carboxylic acids is 1. The Morgan fingerprint density at radius 1 is 1.00 bits per heavy atom. The SMILES string of the molecule is CC(C)(C)OC(=O)c1c(COc2ccc(-c3ccc(CC(=O)O)cc3C#N)cc2)ccc(C(F)(F)F)c1O. The Hall–Kier alpha value is -4.52. The summed E-state index contributed by atoms with van der Waals surface area (Å²) < 4.78 is 50.9. The van der Waals surface area contributed by atoms with E-state index in [0.717, 1.165) is 6.07 Å². The molecule has 7 nitrogen and oxygen atoms in total. The van der Waals surface area contributed by atoms with Crippen LogP contribution in [0.25, 0.3) is 11.1 Å². The summed E-state index contributed by atoms with van der Waals surface area (Å²) in [6.45, 7) is 4.30. The summed E-state index contributed by atoms with van der Waals surface area (Å²) in [7, 11) is 0. The molecule has 0 bridgehead atoms. The molecule has 0 unspecified atom stereocenters. The van der Waals surface area contributed by atoms with Crippen LogP contribution < -0.4 is 4.74 Å². The predicted molar refractivity (Wildman–Crippen MR) is 131 cm³/mol. The van der Waals surface area contributed by atoms with Gasteiger partial charge in [-0.3, -0.25) is 4.79 Å². The number of phenolic OH excluding ortho intramolecular Hbond substituents is 1. The zero-order chi connectivity index (χ0) is 28.3. The van der Waals surface area contributed by atoms with E-state index in [0.29, 0.717) is 34.1 Å². The van der Waals surface area contributed by atoms with Gasteiger partial charge in [0.25, 0.3) is 0 Å². The van der Waals surface area contributed by atoms with Gasteiger partial charge in [-0.05, 0) is 61.7 Å². The molecule has 10 heteroatoms. The van der Waals surface area contributed by atoms with E-state index in [1.54, 1.807) is 57.2 Å². The molecule has 0 spiro atoms. The van der Waals surface area contributed by atoms with E-state index in [1.165, 1.54) is 6.07 Å². The number of carboxylic acid groups (broad SMARTS) is 1. The van der Waals surface area contributed by atoms with Gasteiger partial charge in [-0.2, -0.15) is 18.4 Å². The first-order valence-electron chi connectivity index (χ1n) is 11.3. The Bertz CT molecular complexity index is 1400. The molecule has 0 saturated carbocycles. The zero-order valence-corrected chi connectivity index (χ0v) is 20.7. The van der Waals surface area contributed by atoms with Crippen molar-refractivity contribution in [2.75, 3.05) is 0 Å². The second-order valence-corrected chi connectivity index (χ2v) is 9.37. The van der Waals surface area contributed by atoms with Crippen molar-refractivity contribution in [3.05, 3.63) is 82.4 Å². The van der Waals surface area contributed by atoms with Crippen molar-refractivity contribution < 1.29 is 42.4 Å². The van der Waals surface area contributed by atoms with Crippen LogP contribution in [0.1, 0.15) is 53.4 Å². The molecule has 0 fully saturated rings. The van der Waals surface area contributed by atoms with Gasteiger partial charge in [0.15, 0.2) is 0 Å². The fourth-order valence-electron chi connectivity index (χ4n) is 3.65. The summed E-state index contributed by atoms with van der Waals surface area (Å²) in [6.07, 6.45) is -5.10. The van der Waals surface area contributed by atoms with Gasteiger partial charge < -0.3 is 19.7 Å². The highest BCUT2D eigenvalue weighted by Crippen LogP contribution is 2.39. The molecule has 0 aliphatic rings. The Morgan fingerprint density at radius 3 is 2.21 bits per heavy atom. The minimum absolute atomic E-state index is 0.00499. The summed E-state index contributed by atoms with van der Waals surface area (Å²) in [6, 6.07) is 15.0. The molecule has 0 saturated heterocycles. The largest absolute Gasteiger partial charge is 0.506 e. The fraction of sp³-hybridized carbons (Fsp3) is 0.250. The summed E-state index contributed by atoms with van der Waals surface area (Å²) in [5, 5.41) is 28.8. The van der Waals surface area contributed by atoms with Gasteiger partial charge in [0.1, 0.15) is 29.3 Å². The van der Waals surface area contributed by atoms with Crippen LogP contribution in [-0.2, 0) is 28.7 Å². The number of aliphatic carboxylic acids is 1. The molecule has 0 aliphatic carbocycles. The van der Waals surface area contributed by atoms with E-state index in [1.807, 2.05) is 0 Å². The van der Waals surface area contributed by atoms with Crippen molar-refractivity contribution in [3.63, 3.8) is 0 Å². The van der Waals surface area contributed by atoms with Gasteiger partial charge in [0, 0.05) is 5.56 Å². The van der Waals surface area contributed by atoms with Crippen LogP contribution in [0.4, 0.5) is 13.2 Å². The normalized spacial score (nSPS) is 11.5. The van der Waals surface area contributed by atoms with Crippen LogP contribution in [0.2, 0.25) is 0 Å². The minimum Gasteiger partial charge on any atom is -0.506 e. The standard InChI is InChI=1S/C28H24F3NO6/c1-27(2,3)38-26(36)24-18(7-11-22(25(24)35)28(29,30)31)15-37-20-8-5-17(6-9-20)21-10-4-16(13-23(33)34)12-19(21)14-32/h4-12,35H,13,15H2,1-3H3,(H,33,34). The number of esters is 1. The van der Waals surface area contributed by atoms with Crippen molar-refractivity contribution in [2.24, 2.45) is 0 Å². The molecule has 3 aromatic carbocycles. The Kier molecular flexibility index (Phi) is 8.01. The van der Waals surface area contributed by atoms with Crippen LogP contribution in [0.3, 0.4) is 0 Å². The van der Waals surface area contributed by atoms with Gasteiger partial charge in [-0.15, -0.1) is 0 Å². The first kappa shape index (κ1) is 28.1. The lowest BCUT2D eigenvalue weighted by Crippen LogP contribution is -2.25. The summed E-state index contributed by atoms with van der Waals surface area (Å²) in [4.78, 5) is 23.6. The maximum atomic E-state index is 13.3. The van der Waals surface area contributed by atoms with Gasteiger partial charge in [-0.1, -0.05) is 30.3 Å². The smallest absolute Gasteiger partial charge is 0.419 e. The maximum absolute atomic E-state index is 13.3. The van der Waals surface area contributed by atoms with Crippen LogP contribution in [0.15, 0.2) is 54.6 Å². The molecule has 0 atom stereocenters. The molecule has 0 aliphatic heterocycles. The van der Waals surface area contributed by atoms with E-state index < -0.39 is 40.6 Å². The summed E-state index contributed by atoms with van der Waals surface area (Å²) in [5.41, 5.74) is -1.02. The van der Waals surface area contributed by atoms with Crippen molar-refractivity contribution in [2.45, 2.75) is 45.6 Å². The van der Waals surface area contributed by atoms with Crippen molar-refractivity contribution in [1.82, 2.24) is 0 Å². The molecule has 198 valence electrons. The van der Waals surface area contributed by atoms with E-state index in [-0.39, 0.29) is 18.6 Å². The lowest BCUT2D eigenvalue weighted by molar-refractivity contribution is -0.139. The number of carboxylic acids is 1. The zero-order valence-electron chi connectivity index (χ0n) is 20.7. The number of hydrogen-bond acceptors (Lipinski definition) is 6. The highest BCUT2D eigenvalue weighted by atomic mass is 19.4. The minimum atomic E-state index is -4.88. The average molecular weight is 527 g/mol. The molecule has 0 amide bonds. The Morgan fingerprint density at radius 2 is 1.66 bits per heavy atom. The number of carbonyl (C=O) groups is 2. The second kappa shape index (κ2) is 10.8. The number of ether oxygens (including phenoxy) is 2. The van der Waals surface area contributed by atoms with Crippen molar-refractivity contribution >= 4 is 11.9 Å². The number of alkyl halides is 3. The Labute approximate surface area is 216 Å². The van der Waals surface area contributed by atoms with E-state index in [2.05, 4.69) is 6.07 Å². The average Bonchev–Trinajstić information content (AvgIpc) is 2.80. The quantitative estimate of drug-likeness (QED) is 0.356. The number of nitrogens with zero attached hydrogens (tertiary/aromatic N) is 1. The molecular weight excluding hydrogens is 503 g/mol. The van der Waals surface area contributed by atoms with Gasteiger partial charge in [0.05, 0.1) is 23.6 Å². The fourth-order valence-corrected chi connectivity index (χ4v) is 3.65. The molecular formula is C28H24F3NO6. The first-order valence-corrected chi connectivity index (χ1v) is 11.3. The molecule has 0 aromatic heterocycles. The van der Waals surface area contributed by atoms with Crippen LogP contribution in [-0.4, -0.2) is 27.8 Å². The lowest BCUT2D eigenvalue weighted by atomic mass is 9.97. The van der Waals surface area contributed by atoms with Crippen molar-refractivity contribution in [1.29, 1.82) is 5.26 Å². The van der Waals surface area contributed by atoms with E-state index in [9.17, 15) is 33.1 Å². The molecule has 2 N–H and O–H groups in total. The number of hydrogen-bond donors (Lipinski definition) is 2. The van der Waals surface area contributed by atoms with Gasteiger partial charge in [-0.25, -0.2) is 4.79 Å². The Balaban J connectivity index is 1.86. The summed E-state index contributed by atoms with van der Waals surface area (Å²) >= 11 is 0. The van der Waals surface area contributed by atoms with E-state index in [4.69, 9.17) is 14.6 Å². The van der Waals surface area contributed by atoms with Crippen molar-refractivity contribution in [3.8, 4) is 28.7 Å². The highest BCUT2D eigenvalue weighted by molar-refractivity contribution is 5.95. The van der Waals surface area contributed by atoms with E-state index >= 15 is 0 Å². The van der Waals surface area contributed by atoms with Gasteiger partial charge >= 0.3 is 18.1 Å². The number of benzene rings is 3. The second-order valence-electron chi connectivity index (χ2n) is 9.37. The monoisotopic (exact) mass is 527 g/mol. The summed E-state index contributed by atoms with van der Waals surface area (Å²) in [5.74, 6) is -3.06. The van der Waals surface area contributed by atoms with Crippen LogP contribution in [0, 0.1) is 11.3 Å². The lowest BCUT2D eigenvalue weighted by Gasteiger charge is -2.22. The third-order valence-corrected chi connectivity index (χ3v) is 5.29. The van der Waals surface area contributed by atoms with Gasteiger partial charge in [0.2, 0.25) is 0 Å². The number of halogens is 3. The third-order valence-electron chi connectivity index (χ3n) is 5.29. The molecule has 0 heterocycles.